The highest BCUT2D eigenvalue weighted by Crippen LogP contribution is 2.25. The van der Waals surface area contributed by atoms with Gasteiger partial charge in [0.15, 0.2) is 0 Å². The van der Waals surface area contributed by atoms with E-state index in [0.717, 1.165) is 35.4 Å². The summed E-state index contributed by atoms with van der Waals surface area (Å²) in [4.78, 5) is 14.5. The molecule has 2 aromatic rings. The third-order valence-electron chi connectivity index (χ3n) is 5.37. The molecular weight excluding hydrogens is 344 g/mol. The Kier molecular flexibility index (Phi) is 5.29. The number of hydrogen-bond donors (Lipinski definition) is 3. The lowest BCUT2D eigenvalue weighted by Crippen LogP contribution is -2.40. The van der Waals surface area contributed by atoms with Gasteiger partial charge in [-0.15, -0.1) is 0 Å². The van der Waals surface area contributed by atoms with Crippen molar-refractivity contribution in [2.75, 3.05) is 13.2 Å². The molecule has 2 heterocycles. The number of H-pyrrole nitrogens is 1. The number of rotatable bonds is 3. The molecule has 0 saturated heterocycles. The molecule has 2 amide bonds. The molecule has 0 saturated carbocycles. The van der Waals surface area contributed by atoms with E-state index in [1.807, 2.05) is 18.2 Å². The number of aliphatic hydroxyl groups is 1. The SMILES string of the molecule is O=C(NCc1n[nH]c2c1CCCCC2)N1CCOc2ccc(CO)cc2C1. The van der Waals surface area contributed by atoms with Gasteiger partial charge in [-0.3, -0.25) is 5.10 Å². The van der Waals surface area contributed by atoms with Gasteiger partial charge in [-0.2, -0.15) is 5.10 Å². The molecule has 2 aliphatic rings. The van der Waals surface area contributed by atoms with Crippen molar-refractivity contribution >= 4 is 6.03 Å². The number of nitrogens with one attached hydrogen (secondary N) is 2. The summed E-state index contributed by atoms with van der Waals surface area (Å²) in [6, 6.07) is 5.49. The van der Waals surface area contributed by atoms with Crippen molar-refractivity contribution in [1.82, 2.24) is 20.4 Å². The summed E-state index contributed by atoms with van der Waals surface area (Å²) in [5.41, 5.74) is 5.20. The Morgan fingerprint density at radius 2 is 2.19 bits per heavy atom. The Bertz CT molecular complexity index is 818. The van der Waals surface area contributed by atoms with E-state index in [2.05, 4.69) is 15.5 Å². The Morgan fingerprint density at radius 3 is 3.07 bits per heavy atom. The summed E-state index contributed by atoms with van der Waals surface area (Å²) in [6.07, 6.45) is 5.71. The van der Waals surface area contributed by atoms with Crippen LogP contribution in [0.3, 0.4) is 0 Å². The molecule has 144 valence electrons. The largest absolute Gasteiger partial charge is 0.491 e. The van der Waals surface area contributed by atoms with E-state index in [0.29, 0.717) is 26.2 Å². The first kappa shape index (κ1) is 17.9. The first-order chi connectivity index (χ1) is 13.2. The number of ether oxygens (including phenoxy) is 1. The number of carbonyl (C=O) groups excluding carboxylic acids is 1. The Labute approximate surface area is 158 Å². The smallest absolute Gasteiger partial charge is 0.318 e. The molecule has 0 atom stereocenters. The van der Waals surface area contributed by atoms with Gasteiger partial charge in [0.2, 0.25) is 0 Å². The third-order valence-corrected chi connectivity index (χ3v) is 5.37. The van der Waals surface area contributed by atoms with Crippen LogP contribution in [0.15, 0.2) is 18.2 Å². The highest BCUT2D eigenvalue weighted by molar-refractivity contribution is 5.74. The van der Waals surface area contributed by atoms with Gasteiger partial charge in [-0.05, 0) is 48.9 Å². The molecule has 1 aromatic heterocycles. The molecule has 0 fully saturated rings. The van der Waals surface area contributed by atoms with Gasteiger partial charge in [0.25, 0.3) is 0 Å². The molecule has 0 radical (unpaired) electrons. The zero-order valence-corrected chi connectivity index (χ0v) is 15.5. The van der Waals surface area contributed by atoms with Crippen LogP contribution in [0.2, 0.25) is 0 Å². The quantitative estimate of drug-likeness (QED) is 0.723. The van der Waals surface area contributed by atoms with E-state index >= 15 is 0 Å². The van der Waals surface area contributed by atoms with Gasteiger partial charge >= 0.3 is 6.03 Å². The highest BCUT2D eigenvalue weighted by Gasteiger charge is 2.21. The molecule has 0 unspecified atom stereocenters. The Balaban J connectivity index is 1.42. The van der Waals surface area contributed by atoms with Crippen LogP contribution in [-0.4, -0.2) is 39.4 Å². The standard InChI is InChI=1S/C20H26N4O3/c25-13-14-6-7-19-15(10-14)12-24(8-9-27-19)20(26)21-11-18-16-4-2-1-3-5-17(16)22-23-18/h6-7,10,25H,1-5,8-9,11-13H2,(H,21,26)(H,22,23). The number of fused-ring (bicyclic) bond motifs is 2. The number of benzene rings is 1. The van der Waals surface area contributed by atoms with Gasteiger partial charge in [-0.25, -0.2) is 4.79 Å². The van der Waals surface area contributed by atoms with Gasteiger partial charge in [0, 0.05) is 11.3 Å². The molecule has 7 nitrogen and oxygen atoms in total. The average Bonchev–Trinajstić information content (AvgIpc) is 2.86. The van der Waals surface area contributed by atoms with Crippen LogP contribution in [0.1, 0.15) is 47.3 Å². The first-order valence-electron chi connectivity index (χ1n) is 9.68. The van der Waals surface area contributed by atoms with E-state index in [1.54, 1.807) is 4.90 Å². The minimum absolute atomic E-state index is 0.0241. The Morgan fingerprint density at radius 1 is 1.30 bits per heavy atom. The maximum absolute atomic E-state index is 12.7. The summed E-state index contributed by atoms with van der Waals surface area (Å²) in [6.45, 7) is 1.85. The van der Waals surface area contributed by atoms with Crippen LogP contribution >= 0.6 is 0 Å². The van der Waals surface area contributed by atoms with Crippen molar-refractivity contribution < 1.29 is 14.6 Å². The predicted octanol–water partition coefficient (Wildman–Crippen LogP) is 2.28. The fraction of sp³-hybridized carbons (Fsp3) is 0.500. The lowest BCUT2D eigenvalue weighted by molar-refractivity contribution is 0.187. The van der Waals surface area contributed by atoms with Crippen molar-refractivity contribution in [3.8, 4) is 5.75 Å². The van der Waals surface area contributed by atoms with Crippen LogP contribution in [0, 0.1) is 0 Å². The molecule has 1 aliphatic heterocycles. The van der Waals surface area contributed by atoms with Gasteiger partial charge < -0.3 is 20.1 Å². The van der Waals surface area contributed by atoms with Crippen molar-refractivity contribution in [3.05, 3.63) is 46.3 Å². The van der Waals surface area contributed by atoms with E-state index in [1.165, 1.54) is 30.5 Å². The normalized spacial score (nSPS) is 16.6. The van der Waals surface area contributed by atoms with Crippen LogP contribution < -0.4 is 10.1 Å². The van der Waals surface area contributed by atoms with Crippen molar-refractivity contribution in [2.45, 2.75) is 51.8 Å². The summed E-state index contributed by atoms with van der Waals surface area (Å²) in [5, 5.41) is 19.9. The third kappa shape index (κ3) is 3.93. The monoisotopic (exact) mass is 370 g/mol. The minimum atomic E-state index is -0.119. The second-order valence-electron chi connectivity index (χ2n) is 7.22. The number of urea groups is 1. The minimum Gasteiger partial charge on any atom is -0.491 e. The fourth-order valence-electron chi connectivity index (χ4n) is 3.86. The van der Waals surface area contributed by atoms with Crippen LogP contribution in [-0.2, 0) is 32.5 Å². The second kappa shape index (κ2) is 8.00. The molecule has 0 spiro atoms. The van der Waals surface area contributed by atoms with Crippen molar-refractivity contribution in [2.24, 2.45) is 0 Å². The summed E-state index contributed by atoms with van der Waals surface area (Å²) >= 11 is 0. The molecule has 7 heteroatoms. The molecule has 0 bridgehead atoms. The molecule has 1 aromatic carbocycles. The van der Waals surface area contributed by atoms with Crippen LogP contribution in [0.4, 0.5) is 4.79 Å². The second-order valence-corrected chi connectivity index (χ2v) is 7.22. The topological polar surface area (TPSA) is 90.5 Å². The number of nitrogens with zero attached hydrogens (tertiary/aromatic N) is 2. The van der Waals surface area contributed by atoms with Crippen LogP contribution in [0.5, 0.6) is 5.75 Å². The molecule has 4 rings (SSSR count). The summed E-state index contributed by atoms with van der Waals surface area (Å²) in [5.74, 6) is 0.778. The first-order valence-corrected chi connectivity index (χ1v) is 9.68. The number of hydrogen-bond acceptors (Lipinski definition) is 4. The summed E-state index contributed by atoms with van der Waals surface area (Å²) in [7, 11) is 0. The van der Waals surface area contributed by atoms with E-state index in [4.69, 9.17) is 4.74 Å². The van der Waals surface area contributed by atoms with E-state index in [9.17, 15) is 9.90 Å². The van der Waals surface area contributed by atoms with Gasteiger partial charge in [0.05, 0.1) is 31.9 Å². The molecule has 3 N–H and O–H groups in total. The lowest BCUT2D eigenvalue weighted by atomic mass is 10.1. The van der Waals surface area contributed by atoms with Crippen molar-refractivity contribution in [3.63, 3.8) is 0 Å². The number of amides is 2. The Hall–Kier alpha value is -2.54. The zero-order valence-electron chi connectivity index (χ0n) is 15.5. The number of aliphatic hydroxyl groups excluding tert-OH is 1. The predicted molar refractivity (Wildman–Crippen MR) is 100 cm³/mol. The summed E-state index contributed by atoms with van der Waals surface area (Å²) < 4.78 is 5.75. The van der Waals surface area contributed by atoms with Crippen LogP contribution in [0.25, 0.3) is 0 Å². The van der Waals surface area contributed by atoms with Crippen molar-refractivity contribution in [1.29, 1.82) is 0 Å². The average molecular weight is 370 g/mol. The lowest BCUT2D eigenvalue weighted by Gasteiger charge is -2.20. The van der Waals surface area contributed by atoms with E-state index < -0.39 is 0 Å². The van der Waals surface area contributed by atoms with Gasteiger partial charge in [-0.1, -0.05) is 12.5 Å². The molecule has 1 aliphatic carbocycles. The molecular formula is C20H26N4O3. The number of carbonyl (C=O) groups is 1. The fourth-order valence-corrected chi connectivity index (χ4v) is 3.86. The molecule has 27 heavy (non-hydrogen) atoms. The maximum Gasteiger partial charge on any atom is 0.318 e. The highest BCUT2D eigenvalue weighted by atomic mass is 16.5. The number of aromatic nitrogens is 2. The van der Waals surface area contributed by atoms with Gasteiger partial charge in [0.1, 0.15) is 12.4 Å². The number of aryl methyl sites for hydroxylation is 1. The number of aromatic amines is 1. The maximum atomic E-state index is 12.7. The van der Waals surface area contributed by atoms with E-state index in [-0.39, 0.29) is 12.6 Å². The zero-order chi connectivity index (χ0) is 18.6.